The molecule has 1 fully saturated rings. The Hall–Kier alpha value is -1.58. The Morgan fingerprint density at radius 2 is 1.70 bits per heavy atom. The lowest BCUT2D eigenvalue weighted by atomic mass is 9.99. The minimum atomic E-state index is -0.520. The molecule has 3 rings (SSSR count). The summed E-state index contributed by atoms with van der Waals surface area (Å²) in [6, 6.07) is 19.5. The highest BCUT2D eigenvalue weighted by atomic mass is 32.2. The van der Waals surface area contributed by atoms with Crippen LogP contribution in [0.15, 0.2) is 60.7 Å². The van der Waals surface area contributed by atoms with E-state index in [0.29, 0.717) is 13.0 Å². The average Bonchev–Trinajstić information content (AvgIpc) is 2.99. The summed E-state index contributed by atoms with van der Waals surface area (Å²) in [6.45, 7) is 0.696. The van der Waals surface area contributed by atoms with E-state index in [0.717, 1.165) is 16.9 Å². The van der Waals surface area contributed by atoms with Crippen molar-refractivity contribution in [3.8, 4) is 0 Å². The van der Waals surface area contributed by atoms with E-state index in [1.54, 1.807) is 11.8 Å². The molecule has 1 unspecified atom stereocenters. The van der Waals surface area contributed by atoms with Gasteiger partial charge < -0.3 is 4.74 Å². The number of rotatable bonds is 4. The smallest absolute Gasteiger partial charge is 0.167 e. The van der Waals surface area contributed by atoms with Gasteiger partial charge >= 0.3 is 0 Å². The summed E-state index contributed by atoms with van der Waals surface area (Å²) in [5, 5.41) is 0. The molecule has 0 radical (unpaired) electrons. The minimum Gasteiger partial charge on any atom is -0.359 e. The van der Waals surface area contributed by atoms with Crippen molar-refractivity contribution in [3.05, 3.63) is 71.8 Å². The molecule has 1 atom stereocenters. The molecule has 20 heavy (non-hydrogen) atoms. The second kappa shape index (κ2) is 5.81. The third-order valence-electron chi connectivity index (χ3n) is 3.46. The Bertz CT molecular complexity index is 574. The zero-order valence-corrected chi connectivity index (χ0v) is 11.9. The van der Waals surface area contributed by atoms with Crippen LogP contribution in [-0.4, -0.2) is 18.1 Å². The molecular weight excluding hydrogens is 268 g/mol. The van der Waals surface area contributed by atoms with Gasteiger partial charge in [-0.3, -0.25) is 4.79 Å². The van der Waals surface area contributed by atoms with Crippen molar-refractivity contribution in [2.75, 3.05) is 12.4 Å². The maximum Gasteiger partial charge on any atom is 0.167 e. The van der Waals surface area contributed by atoms with Crippen molar-refractivity contribution in [2.24, 2.45) is 0 Å². The highest BCUT2D eigenvalue weighted by molar-refractivity contribution is 8.00. The van der Waals surface area contributed by atoms with Crippen molar-refractivity contribution in [2.45, 2.75) is 11.4 Å². The van der Waals surface area contributed by atoms with Gasteiger partial charge in [-0.1, -0.05) is 60.7 Å². The third kappa shape index (κ3) is 2.65. The summed E-state index contributed by atoms with van der Waals surface area (Å²) in [4.78, 5) is 12.0. The van der Waals surface area contributed by atoms with Gasteiger partial charge in [-0.05, 0) is 5.56 Å². The van der Waals surface area contributed by atoms with Gasteiger partial charge in [-0.2, -0.15) is 0 Å². The first-order chi connectivity index (χ1) is 9.80. The molecule has 0 N–H and O–H groups in total. The molecule has 1 saturated heterocycles. The number of benzene rings is 2. The lowest BCUT2D eigenvalue weighted by Gasteiger charge is -2.27. The van der Waals surface area contributed by atoms with Crippen LogP contribution in [0.4, 0.5) is 0 Å². The summed E-state index contributed by atoms with van der Waals surface area (Å²) in [6.07, 6.45) is 0.381. The zero-order valence-electron chi connectivity index (χ0n) is 11.1. The second-order valence-corrected chi connectivity index (χ2v) is 6.14. The molecule has 0 aromatic heterocycles. The number of carbonyl (C=O) groups excluding carboxylic acids is 1. The van der Waals surface area contributed by atoms with E-state index < -0.39 is 4.93 Å². The first kappa shape index (κ1) is 13.4. The van der Waals surface area contributed by atoms with E-state index in [-0.39, 0.29) is 5.78 Å². The first-order valence-electron chi connectivity index (χ1n) is 6.72. The molecule has 102 valence electrons. The lowest BCUT2D eigenvalue weighted by Crippen LogP contribution is -2.25. The SMILES string of the molecule is O=C(CC1(c2ccccc2)OCCS1)c1ccccc1. The van der Waals surface area contributed by atoms with Crippen molar-refractivity contribution in [1.82, 2.24) is 0 Å². The fourth-order valence-corrected chi connectivity index (χ4v) is 3.65. The summed E-state index contributed by atoms with van der Waals surface area (Å²) >= 11 is 1.72. The molecule has 2 nitrogen and oxygen atoms in total. The van der Waals surface area contributed by atoms with Gasteiger partial charge in [-0.15, -0.1) is 11.8 Å². The lowest BCUT2D eigenvalue weighted by molar-refractivity contribution is 0.0399. The van der Waals surface area contributed by atoms with E-state index in [9.17, 15) is 4.79 Å². The zero-order chi connectivity index (χ0) is 13.8. The van der Waals surface area contributed by atoms with Gasteiger partial charge in [0.05, 0.1) is 13.0 Å². The standard InChI is InChI=1S/C17H16O2S/c18-16(14-7-3-1-4-8-14)13-17(19-11-12-20-17)15-9-5-2-6-10-15/h1-10H,11-13H2. The van der Waals surface area contributed by atoms with E-state index in [2.05, 4.69) is 0 Å². The highest BCUT2D eigenvalue weighted by Crippen LogP contribution is 2.45. The van der Waals surface area contributed by atoms with Crippen molar-refractivity contribution in [1.29, 1.82) is 0 Å². The Morgan fingerprint density at radius 1 is 1.05 bits per heavy atom. The van der Waals surface area contributed by atoms with Crippen LogP contribution >= 0.6 is 11.8 Å². The molecule has 3 heteroatoms. The fraction of sp³-hybridized carbons (Fsp3) is 0.235. The van der Waals surface area contributed by atoms with Gasteiger partial charge in [0.25, 0.3) is 0 Å². The predicted octanol–water partition coefficient (Wildman–Crippen LogP) is 3.88. The third-order valence-corrected chi connectivity index (χ3v) is 4.79. The van der Waals surface area contributed by atoms with E-state index in [1.165, 1.54) is 0 Å². The Balaban J connectivity index is 1.87. The number of thioether (sulfide) groups is 1. The van der Waals surface area contributed by atoms with Crippen molar-refractivity contribution in [3.63, 3.8) is 0 Å². The molecule has 1 aliphatic rings. The average molecular weight is 284 g/mol. The molecule has 0 amide bonds. The maximum absolute atomic E-state index is 12.5. The van der Waals surface area contributed by atoms with Crippen LogP contribution in [-0.2, 0) is 9.67 Å². The highest BCUT2D eigenvalue weighted by Gasteiger charge is 2.40. The number of Topliss-reactive ketones (excluding diaryl/α,β-unsaturated/α-hetero) is 1. The van der Waals surface area contributed by atoms with Gasteiger partial charge in [0, 0.05) is 11.3 Å². The second-order valence-electron chi connectivity index (χ2n) is 4.78. The Kier molecular flexibility index (Phi) is 3.90. The first-order valence-corrected chi connectivity index (χ1v) is 7.70. The van der Waals surface area contributed by atoms with E-state index in [1.807, 2.05) is 60.7 Å². The normalized spacial score (nSPS) is 21.8. The molecule has 0 bridgehead atoms. The fourth-order valence-electron chi connectivity index (χ4n) is 2.46. The Labute approximate surface area is 123 Å². The van der Waals surface area contributed by atoms with Crippen LogP contribution in [0, 0.1) is 0 Å². The van der Waals surface area contributed by atoms with Crippen LogP contribution in [0.5, 0.6) is 0 Å². The molecule has 0 spiro atoms. The van der Waals surface area contributed by atoms with Gasteiger partial charge in [0.2, 0.25) is 0 Å². The molecule has 0 aliphatic carbocycles. The minimum absolute atomic E-state index is 0.129. The van der Waals surface area contributed by atoms with Crippen LogP contribution in [0.3, 0.4) is 0 Å². The molecular formula is C17H16O2S. The molecule has 1 heterocycles. The summed E-state index contributed by atoms with van der Waals surface area (Å²) in [5.41, 5.74) is 1.82. The topological polar surface area (TPSA) is 26.3 Å². The number of ketones is 1. The number of carbonyl (C=O) groups is 1. The predicted molar refractivity (Wildman–Crippen MR) is 81.9 cm³/mol. The number of hydrogen-bond donors (Lipinski definition) is 0. The van der Waals surface area contributed by atoms with Gasteiger partial charge in [0.15, 0.2) is 5.78 Å². The number of hydrogen-bond acceptors (Lipinski definition) is 3. The largest absolute Gasteiger partial charge is 0.359 e. The monoisotopic (exact) mass is 284 g/mol. The van der Waals surface area contributed by atoms with Crippen molar-refractivity contribution >= 4 is 17.5 Å². The molecule has 0 saturated carbocycles. The summed E-state index contributed by atoms with van der Waals surface area (Å²) < 4.78 is 5.96. The summed E-state index contributed by atoms with van der Waals surface area (Å²) in [7, 11) is 0. The quantitative estimate of drug-likeness (QED) is 0.797. The van der Waals surface area contributed by atoms with Crippen LogP contribution in [0.2, 0.25) is 0 Å². The number of ether oxygens (including phenoxy) is 1. The van der Waals surface area contributed by atoms with Crippen LogP contribution in [0.25, 0.3) is 0 Å². The van der Waals surface area contributed by atoms with Crippen molar-refractivity contribution < 1.29 is 9.53 Å². The van der Waals surface area contributed by atoms with Crippen LogP contribution in [0.1, 0.15) is 22.3 Å². The van der Waals surface area contributed by atoms with E-state index in [4.69, 9.17) is 4.74 Å². The van der Waals surface area contributed by atoms with E-state index >= 15 is 0 Å². The maximum atomic E-state index is 12.5. The molecule has 2 aromatic rings. The van der Waals surface area contributed by atoms with Crippen LogP contribution < -0.4 is 0 Å². The summed E-state index contributed by atoms with van der Waals surface area (Å²) in [5.74, 6) is 1.06. The molecule has 2 aromatic carbocycles. The molecule has 1 aliphatic heterocycles. The Morgan fingerprint density at radius 3 is 2.30 bits per heavy atom. The van der Waals surface area contributed by atoms with Gasteiger partial charge in [0.1, 0.15) is 4.93 Å². The van der Waals surface area contributed by atoms with Gasteiger partial charge in [-0.25, -0.2) is 0 Å².